The van der Waals surface area contributed by atoms with Crippen molar-refractivity contribution in [2.45, 2.75) is 20.3 Å². The molecule has 1 rings (SSSR count). The predicted octanol–water partition coefficient (Wildman–Crippen LogP) is 2.36. The van der Waals surface area contributed by atoms with Crippen LogP contribution in [0.5, 0.6) is 0 Å². The molecule has 12 heavy (non-hydrogen) atoms. The molecule has 0 bridgehead atoms. The molecule has 0 spiro atoms. The van der Waals surface area contributed by atoms with Gasteiger partial charge in [0.2, 0.25) is 0 Å². The largest absolute Gasteiger partial charge is 0.399 e. The average Bonchev–Trinajstić information content (AvgIpc) is 2.07. The molecule has 0 unspecified atom stereocenters. The van der Waals surface area contributed by atoms with Crippen LogP contribution in [-0.2, 0) is 6.42 Å². The predicted molar refractivity (Wildman–Crippen MR) is 51.5 cm³/mol. The highest BCUT2D eigenvalue weighted by Gasteiger charge is 1.90. The zero-order valence-corrected chi connectivity index (χ0v) is 7.54. The summed E-state index contributed by atoms with van der Waals surface area (Å²) in [6.07, 6.45) is 1.02. The Hall–Kier alpha value is -1.49. The molecule has 0 atom stereocenters. The Kier molecular flexibility index (Phi) is 5.46. The van der Waals surface area contributed by atoms with Crippen LogP contribution in [0.25, 0.3) is 0 Å². The molecule has 0 amide bonds. The zero-order chi connectivity index (χ0) is 9.40. The Morgan fingerprint density at radius 3 is 2.25 bits per heavy atom. The SMILES string of the molecule is CC#N.CCc1ccccc1N. The van der Waals surface area contributed by atoms with Gasteiger partial charge in [0.05, 0.1) is 6.07 Å². The summed E-state index contributed by atoms with van der Waals surface area (Å²) >= 11 is 0. The smallest absolute Gasteiger partial charge is 0.0587 e. The summed E-state index contributed by atoms with van der Waals surface area (Å²) in [6.45, 7) is 3.53. The topological polar surface area (TPSA) is 49.8 Å². The number of nitrogen functional groups attached to an aromatic ring is 1. The van der Waals surface area contributed by atoms with Crippen molar-refractivity contribution in [3.8, 4) is 6.07 Å². The van der Waals surface area contributed by atoms with E-state index in [-0.39, 0.29) is 0 Å². The van der Waals surface area contributed by atoms with Crippen molar-refractivity contribution in [3.05, 3.63) is 29.8 Å². The van der Waals surface area contributed by atoms with Gasteiger partial charge in [0.15, 0.2) is 0 Å². The first-order valence-electron chi connectivity index (χ1n) is 3.90. The second-order valence-corrected chi connectivity index (χ2v) is 2.28. The van der Waals surface area contributed by atoms with Crippen LogP contribution < -0.4 is 5.73 Å². The van der Waals surface area contributed by atoms with Crippen LogP contribution in [0.4, 0.5) is 5.69 Å². The van der Waals surface area contributed by atoms with Gasteiger partial charge in [-0.3, -0.25) is 0 Å². The summed E-state index contributed by atoms with van der Waals surface area (Å²) in [7, 11) is 0. The number of rotatable bonds is 1. The van der Waals surface area contributed by atoms with Crippen molar-refractivity contribution in [1.82, 2.24) is 0 Å². The van der Waals surface area contributed by atoms with Crippen molar-refractivity contribution in [1.29, 1.82) is 5.26 Å². The van der Waals surface area contributed by atoms with Gasteiger partial charge in [-0.15, -0.1) is 0 Å². The fourth-order valence-electron chi connectivity index (χ4n) is 0.856. The van der Waals surface area contributed by atoms with E-state index < -0.39 is 0 Å². The van der Waals surface area contributed by atoms with Crippen molar-refractivity contribution in [3.63, 3.8) is 0 Å². The first kappa shape index (κ1) is 10.5. The summed E-state index contributed by atoms with van der Waals surface area (Å²) in [5, 5.41) is 7.32. The lowest BCUT2D eigenvalue weighted by Gasteiger charge is -1.98. The van der Waals surface area contributed by atoms with E-state index in [4.69, 9.17) is 11.0 Å². The van der Waals surface area contributed by atoms with Crippen molar-refractivity contribution in [2.75, 3.05) is 5.73 Å². The normalized spacial score (nSPS) is 7.75. The molecule has 1 aromatic rings. The fraction of sp³-hybridized carbons (Fsp3) is 0.300. The number of hydrogen-bond acceptors (Lipinski definition) is 2. The van der Waals surface area contributed by atoms with Gasteiger partial charge >= 0.3 is 0 Å². The van der Waals surface area contributed by atoms with Gasteiger partial charge in [-0.2, -0.15) is 5.26 Å². The fourth-order valence-corrected chi connectivity index (χ4v) is 0.856. The van der Waals surface area contributed by atoms with E-state index in [2.05, 4.69) is 13.0 Å². The molecule has 2 heteroatoms. The van der Waals surface area contributed by atoms with Crippen molar-refractivity contribution >= 4 is 5.69 Å². The average molecular weight is 162 g/mol. The maximum atomic E-state index is 7.32. The van der Waals surface area contributed by atoms with Crippen LogP contribution in [0.1, 0.15) is 19.4 Å². The van der Waals surface area contributed by atoms with Gasteiger partial charge in [0.25, 0.3) is 0 Å². The maximum Gasteiger partial charge on any atom is 0.0587 e. The zero-order valence-electron chi connectivity index (χ0n) is 7.54. The van der Waals surface area contributed by atoms with E-state index >= 15 is 0 Å². The number of aryl methyl sites for hydroxylation is 1. The molecular formula is C10H14N2. The first-order valence-corrected chi connectivity index (χ1v) is 3.90. The van der Waals surface area contributed by atoms with E-state index in [1.165, 1.54) is 12.5 Å². The lowest BCUT2D eigenvalue weighted by molar-refractivity contribution is 1.14. The van der Waals surface area contributed by atoms with Crippen molar-refractivity contribution < 1.29 is 0 Å². The first-order chi connectivity index (χ1) is 5.76. The number of nitrogens with two attached hydrogens (primary N) is 1. The molecule has 0 saturated carbocycles. The van der Waals surface area contributed by atoms with E-state index in [0.717, 1.165) is 12.1 Å². The number of hydrogen-bond donors (Lipinski definition) is 1. The third-order valence-electron chi connectivity index (χ3n) is 1.44. The molecule has 2 nitrogen and oxygen atoms in total. The highest BCUT2D eigenvalue weighted by molar-refractivity contribution is 5.46. The standard InChI is InChI=1S/C8H11N.C2H3N/c1-2-7-5-3-4-6-8(7)9;1-2-3/h3-6H,2,9H2,1H3;1H3. The van der Waals surface area contributed by atoms with E-state index in [0.29, 0.717) is 0 Å². The Morgan fingerprint density at radius 2 is 1.92 bits per heavy atom. The van der Waals surface area contributed by atoms with Gasteiger partial charge in [-0.1, -0.05) is 25.1 Å². The lowest BCUT2D eigenvalue weighted by Crippen LogP contribution is -1.90. The second-order valence-electron chi connectivity index (χ2n) is 2.28. The van der Waals surface area contributed by atoms with Gasteiger partial charge in [0.1, 0.15) is 0 Å². The maximum absolute atomic E-state index is 7.32. The Labute approximate surface area is 73.6 Å². The molecule has 2 N–H and O–H groups in total. The van der Waals surface area contributed by atoms with Crippen LogP contribution in [0, 0.1) is 11.3 Å². The molecule has 0 fully saturated rings. The molecule has 0 aliphatic carbocycles. The van der Waals surface area contributed by atoms with Crippen molar-refractivity contribution in [2.24, 2.45) is 0 Å². The van der Waals surface area contributed by atoms with Crippen LogP contribution in [0.15, 0.2) is 24.3 Å². The van der Waals surface area contributed by atoms with Gasteiger partial charge in [-0.25, -0.2) is 0 Å². The molecule has 1 aromatic carbocycles. The van der Waals surface area contributed by atoms with Crippen LogP contribution in [0.2, 0.25) is 0 Å². The van der Waals surface area contributed by atoms with Crippen LogP contribution in [-0.4, -0.2) is 0 Å². The number of nitriles is 1. The summed E-state index contributed by atoms with van der Waals surface area (Å²) in [6, 6.07) is 9.69. The molecule has 0 aromatic heterocycles. The minimum Gasteiger partial charge on any atom is -0.399 e. The van der Waals surface area contributed by atoms with Gasteiger partial charge in [-0.05, 0) is 18.1 Å². The monoisotopic (exact) mass is 162 g/mol. The number of anilines is 1. The molecule has 64 valence electrons. The van der Waals surface area contributed by atoms with E-state index in [1.807, 2.05) is 18.2 Å². The molecule has 0 aliphatic rings. The molecule has 0 radical (unpaired) electrons. The summed E-state index contributed by atoms with van der Waals surface area (Å²) in [4.78, 5) is 0. The van der Waals surface area contributed by atoms with Crippen LogP contribution >= 0.6 is 0 Å². The van der Waals surface area contributed by atoms with Gasteiger partial charge < -0.3 is 5.73 Å². The lowest BCUT2D eigenvalue weighted by atomic mass is 10.1. The summed E-state index contributed by atoms with van der Waals surface area (Å²) in [5.41, 5.74) is 7.77. The van der Waals surface area contributed by atoms with Gasteiger partial charge in [0, 0.05) is 12.6 Å². The Morgan fingerprint density at radius 1 is 1.42 bits per heavy atom. The summed E-state index contributed by atoms with van der Waals surface area (Å²) in [5.74, 6) is 0. The highest BCUT2D eigenvalue weighted by Crippen LogP contribution is 2.09. The molecular weight excluding hydrogens is 148 g/mol. The quantitative estimate of drug-likeness (QED) is 0.644. The second kappa shape index (κ2) is 6.23. The number of nitrogens with zero attached hydrogens (tertiary/aromatic N) is 1. The molecule has 0 aliphatic heterocycles. The molecule has 0 heterocycles. The Bertz CT molecular complexity index is 261. The van der Waals surface area contributed by atoms with E-state index in [9.17, 15) is 0 Å². The third-order valence-corrected chi connectivity index (χ3v) is 1.44. The van der Waals surface area contributed by atoms with E-state index in [1.54, 1.807) is 6.07 Å². The van der Waals surface area contributed by atoms with Crippen LogP contribution in [0.3, 0.4) is 0 Å². The summed E-state index contributed by atoms with van der Waals surface area (Å²) < 4.78 is 0. The third kappa shape index (κ3) is 3.62. The minimum atomic E-state index is 0.903. The minimum absolute atomic E-state index is 0.903. The highest BCUT2D eigenvalue weighted by atomic mass is 14.5. The Balaban J connectivity index is 0.000000354. The number of para-hydroxylation sites is 1. The number of benzene rings is 1. The molecule has 0 saturated heterocycles.